The van der Waals surface area contributed by atoms with Crippen LogP contribution in [0.5, 0.6) is 0 Å². The third kappa shape index (κ3) is 4.72. The van der Waals surface area contributed by atoms with Gasteiger partial charge in [-0.3, -0.25) is 0 Å². The fourth-order valence-corrected chi connectivity index (χ4v) is 2.29. The number of hydrogen-bond donors (Lipinski definition) is 3. The number of nitrogens with one attached hydrogen (secondary N) is 2. The zero-order valence-electron chi connectivity index (χ0n) is 11.2. The van der Waals surface area contributed by atoms with Crippen LogP contribution in [0.4, 0.5) is 14.9 Å². The van der Waals surface area contributed by atoms with E-state index >= 15 is 0 Å². The summed E-state index contributed by atoms with van der Waals surface area (Å²) in [4.78, 5) is 11.8. The van der Waals surface area contributed by atoms with Crippen LogP contribution in [-0.2, 0) is 0 Å². The summed E-state index contributed by atoms with van der Waals surface area (Å²) in [7, 11) is 0. The van der Waals surface area contributed by atoms with Crippen LogP contribution >= 0.6 is 11.8 Å². The summed E-state index contributed by atoms with van der Waals surface area (Å²) in [6.45, 7) is 3.55. The number of aliphatic hydroxyl groups excluding tert-OH is 1. The summed E-state index contributed by atoms with van der Waals surface area (Å²) in [6.07, 6.45) is 1.88. The molecule has 0 aliphatic heterocycles. The summed E-state index contributed by atoms with van der Waals surface area (Å²) in [5.41, 5.74) is 1.22. The third-order valence-corrected chi connectivity index (χ3v) is 4.00. The van der Waals surface area contributed by atoms with Gasteiger partial charge in [0.1, 0.15) is 5.82 Å². The molecule has 2 atom stereocenters. The first-order valence-corrected chi connectivity index (χ1v) is 7.24. The first-order chi connectivity index (χ1) is 8.97. The van der Waals surface area contributed by atoms with Crippen molar-refractivity contribution in [2.24, 2.45) is 0 Å². The van der Waals surface area contributed by atoms with Crippen LogP contribution in [0.15, 0.2) is 18.2 Å². The molecule has 0 saturated heterocycles. The van der Waals surface area contributed by atoms with Gasteiger partial charge in [0.2, 0.25) is 0 Å². The van der Waals surface area contributed by atoms with Crippen molar-refractivity contribution in [1.82, 2.24) is 5.32 Å². The molecule has 6 heteroatoms. The zero-order valence-corrected chi connectivity index (χ0v) is 12.1. The standard InChI is InChI=1S/C13H19FN2O2S/c1-8-6-10(14)4-5-11(8)16-13(18)15-9(2)12(7-17)19-3/h4-6,9,12,17H,7H2,1-3H3,(H2,15,16,18). The average molecular weight is 286 g/mol. The molecule has 0 fully saturated rings. The topological polar surface area (TPSA) is 61.4 Å². The Morgan fingerprint density at radius 2 is 2.21 bits per heavy atom. The number of carbonyl (C=O) groups excluding carboxylic acids is 1. The highest BCUT2D eigenvalue weighted by Crippen LogP contribution is 2.16. The number of urea groups is 1. The minimum Gasteiger partial charge on any atom is -0.395 e. The number of thioether (sulfide) groups is 1. The van der Waals surface area contributed by atoms with Gasteiger partial charge in [-0.15, -0.1) is 0 Å². The fourth-order valence-electron chi connectivity index (χ4n) is 1.66. The molecular weight excluding hydrogens is 267 g/mol. The Labute approximate surface area is 116 Å². The number of hydrogen-bond acceptors (Lipinski definition) is 3. The predicted octanol–water partition coefficient (Wildman–Crippen LogP) is 2.37. The maximum atomic E-state index is 12.9. The molecule has 0 aliphatic carbocycles. The molecule has 19 heavy (non-hydrogen) atoms. The molecule has 0 bridgehead atoms. The Hall–Kier alpha value is -1.27. The molecule has 1 aromatic carbocycles. The molecule has 3 N–H and O–H groups in total. The highest BCUT2D eigenvalue weighted by Gasteiger charge is 2.17. The van der Waals surface area contributed by atoms with Crippen LogP contribution < -0.4 is 10.6 Å². The fraction of sp³-hybridized carbons (Fsp3) is 0.462. The van der Waals surface area contributed by atoms with Gasteiger partial charge in [0.25, 0.3) is 0 Å². The molecule has 1 aromatic rings. The molecule has 2 unspecified atom stereocenters. The Kier molecular flexibility index (Phi) is 6.11. The van der Waals surface area contributed by atoms with Crippen LogP contribution in [0.3, 0.4) is 0 Å². The smallest absolute Gasteiger partial charge is 0.319 e. The van der Waals surface area contributed by atoms with Crippen LogP contribution in [-0.4, -0.2) is 35.3 Å². The van der Waals surface area contributed by atoms with Gasteiger partial charge in [-0.2, -0.15) is 11.8 Å². The molecule has 0 spiro atoms. The number of carbonyl (C=O) groups is 1. The number of benzene rings is 1. The summed E-state index contributed by atoms with van der Waals surface area (Å²) in [5.74, 6) is -0.334. The first kappa shape index (κ1) is 15.8. The molecule has 1 rings (SSSR count). The van der Waals surface area contributed by atoms with Crippen LogP contribution in [0.2, 0.25) is 0 Å². The minimum absolute atomic E-state index is 0.00180. The molecule has 2 amide bonds. The summed E-state index contributed by atoms with van der Waals surface area (Å²) in [6, 6.07) is 3.64. The van der Waals surface area contributed by atoms with E-state index in [2.05, 4.69) is 10.6 Å². The van der Waals surface area contributed by atoms with Crippen molar-refractivity contribution in [3.05, 3.63) is 29.6 Å². The van der Waals surface area contributed by atoms with Crippen molar-refractivity contribution in [3.8, 4) is 0 Å². The molecule has 0 radical (unpaired) electrons. The van der Waals surface area contributed by atoms with E-state index in [1.165, 1.54) is 30.0 Å². The van der Waals surface area contributed by atoms with Crippen LogP contribution in [0.25, 0.3) is 0 Å². The Morgan fingerprint density at radius 1 is 1.53 bits per heavy atom. The number of rotatable bonds is 5. The lowest BCUT2D eigenvalue weighted by Gasteiger charge is -2.21. The monoisotopic (exact) mass is 286 g/mol. The summed E-state index contributed by atoms with van der Waals surface area (Å²) in [5, 5.41) is 14.5. The first-order valence-electron chi connectivity index (χ1n) is 5.95. The average Bonchev–Trinajstić information content (AvgIpc) is 2.34. The maximum absolute atomic E-state index is 12.9. The number of anilines is 1. The second-order valence-corrected chi connectivity index (χ2v) is 5.38. The van der Waals surface area contributed by atoms with Crippen molar-refractivity contribution in [1.29, 1.82) is 0 Å². The minimum atomic E-state index is -0.366. The SMILES string of the molecule is CSC(CO)C(C)NC(=O)Nc1ccc(F)cc1C. The van der Waals surface area contributed by atoms with E-state index in [9.17, 15) is 9.18 Å². The van der Waals surface area contributed by atoms with E-state index in [1.54, 1.807) is 6.92 Å². The Bertz CT molecular complexity index is 439. The predicted molar refractivity (Wildman–Crippen MR) is 77.1 cm³/mol. The molecule has 0 aromatic heterocycles. The van der Waals surface area contributed by atoms with Crippen molar-refractivity contribution in [3.63, 3.8) is 0 Å². The quantitative estimate of drug-likeness (QED) is 0.779. The van der Waals surface area contributed by atoms with Gasteiger partial charge in [0.15, 0.2) is 0 Å². The maximum Gasteiger partial charge on any atom is 0.319 e. The number of aryl methyl sites for hydroxylation is 1. The lowest BCUT2D eigenvalue weighted by atomic mass is 10.2. The van der Waals surface area contributed by atoms with Crippen molar-refractivity contribution in [2.45, 2.75) is 25.1 Å². The normalized spacial score (nSPS) is 13.7. The summed E-state index contributed by atoms with van der Waals surface area (Å²) < 4.78 is 12.9. The molecular formula is C13H19FN2O2S. The molecule has 0 saturated carbocycles. The number of halogens is 1. The highest BCUT2D eigenvalue weighted by molar-refractivity contribution is 7.99. The second kappa shape index (κ2) is 7.35. The van der Waals surface area contributed by atoms with Gasteiger partial charge >= 0.3 is 6.03 Å². The molecule has 106 valence electrons. The lowest BCUT2D eigenvalue weighted by Crippen LogP contribution is -2.43. The van der Waals surface area contributed by atoms with Gasteiger partial charge in [-0.1, -0.05) is 0 Å². The van der Waals surface area contributed by atoms with Crippen molar-refractivity contribution in [2.75, 3.05) is 18.2 Å². The molecule has 4 nitrogen and oxygen atoms in total. The van der Waals surface area contributed by atoms with Crippen LogP contribution in [0.1, 0.15) is 12.5 Å². The largest absolute Gasteiger partial charge is 0.395 e. The Balaban J connectivity index is 2.60. The number of aliphatic hydroxyl groups is 1. The van der Waals surface area contributed by atoms with E-state index in [-0.39, 0.29) is 29.7 Å². The summed E-state index contributed by atoms with van der Waals surface area (Å²) >= 11 is 1.49. The van der Waals surface area contributed by atoms with Crippen LogP contribution in [0, 0.1) is 12.7 Å². The van der Waals surface area contributed by atoms with Gasteiger partial charge in [0.05, 0.1) is 6.61 Å². The zero-order chi connectivity index (χ0) is 14.4. The van der Waals surface area contributed by atoms with E-state index in [4.69, 9.17) is 5.11 Å². The van der Waals surface area contributed by atoms with E-state index in [1.807, 2.05) is 13.2 Å². The molecule has 0 heterocycles. The van der Waals surface area contributed by atoms with Gasteiger partial charge < -0.3 is 15.7 Å². The van der Waals surface area contributed by atoms with E-state index in [0.717, 1.165) is 0 Å². The van der Waals surface area contributed by atoms with Crippen molar-refractivity contribution < 1.29 is 14.3 Å². The van der Waals surface area contributed by atoms with Gasteiger partial charge in [-0.05, 0) is 43.9 Å². The van der Waals surface area contributed by atoms with Gasteiger partial charge in [0, 0.05) is 17.0 Å². The van der Waals surface area contributed by atoms with E-state index < -0.39 is 0 Å². The van der Waals surface area contributed by atoms with E-state index in [0.29, 0.717) is 11.3 Å². The Morgan fingerprint density at radius 3 is 2.74 bits per heavy atom. The van der Waals surface area contributed by atoms with Crippen molar-refractivity contribution >= 4 is 23.5 Å². The lowest BCUT2D eigenvalue weighted by molar-refractivity contribution is 0.243. The highest BCUT2D eigenvalue weighted by atomic mass is 32.2. The number of amides is 2. The van der Waals surface area contributed by atoms with Gasteiger partial charge in [-0.25, -0.2) is 9.18 Å². The second-order valence-electron chi connectivity index (χ2n) is 4.30. The molecule has 0 aliphatic rings. The third-order valence-electron chi connectivity index (χ3n) is 2.84.